The summed E-state index contributed by atoms with van der Waals surface area (Å²) < 4.78 is 1.50. The van der Waals surface area contributed by atoms with E-state index in [0.717, 1.165) is 23.8 Å². The lowest BCUT2D eigenvalue weighted by Gasteiger charge is -2.35. The summed E-state index contributed by atoms with van der Waals surface area (Å²) in [5.74, 6) is -0.0711. The molecule has 1 amide bonds. The van der Waals surface area contributed by atoms with E-state index in [0.29, 0.717) is 23.9 Å². The SMILES string of the molecule is Cn1nc(C(=O)N2CCN(c3ccc(Cl)cc3)CC2)cc1Cl. The average Bonchev–Trinajstić information content (AvgIpc) is 2.87. The monoisotopic (exact) mass is 338 g/mol. The largest absolute Gasteiger partial charge is 0.368 e. The van der Waals surface area contributed by atoms with Crippen LogP contribution in [0.2, 0.25) is 10.2 Å². The maximum atomic E-state index is 12.4. The molecule has 0 aliphatic carbocycles. The van der Waals surface area contributed by atoms with E-state index < -0.39 is 0 Å². The van der Waals surface area contributed by atoms with Crippen molar-refractivity contribution >= 4 is 34.8 Å². The van der Waals surface area contributed by atoms with Crippen LogP contribution >= 0.6 is 23.2 Å². The van der Waals surface area contributed by atoms with Crippen molar-refractivity contribution in [3.8, 4) is 0 Å². The Kier molecular flexibility index (Phi) is 4.27. The van der Waals surface area contributed by atoms with Crippen molar-refractivity contribution in [3.05, 3.63) is 46.2 Å². The van der Waals surface area contributed by atoms with Crippen LogP contribution in [0.5, 0.6) is 0 Å². The lowest BCUT2D eigenvalue weighted by Crippen LogP contribution is -2.48. The highest BCUT2D eigenvalue weighted by atomic mass is 35.5. The molecule has 3 rings (SSSR count). The summed E-state index contributed by atoms with van der Waals surface area (Å²) in [7, 11) is 1.72. The van der Waals surface area contributed by atoms with Gasteiger partial charge in [-0.2, -0.15) is 5.10 Å². The van der Waals surface area contributed by atoms with Crippen LogP contribution in [-0.4, -0.2) is 46.8 Å². The topological polar surface area (TPSA) is 41.4 Å². The lowest BCUT2D eigenvalue weighted by atomic mass is 10.2. The predicted octanol–water partition coefficient (Wildman–Crippen LogP) is 2.69. The van der Waals surface area contributed by atoms with Gasteiger partial charge in [0.25, 0.3) is 5.91 Å². The molecular formula is C15H16Cl2N4O. The molecule has 116 valence electrons. The van der Waals surface area contributed by atoms with Crippen LogP contribution < -0.4 is 4.90 Å². The first-order valence-electron chi connectivity index (χ1n) is 7.04. The number of rotatable bonds is 2. The van der Waals surface area contributed by atoms with Crippen molar-refractivity contribution < 1.29 is 4.79 Å². The van der Waals surface area contributed by atoms with E-state index in [2.05, 4.69) is 10.00 Å². The molecule has 1 aromatic carbocycles. The highest BCUT2D eigenvalue weighted by Crippen LogP contribution is 2.20. The Labute approximate surface area is 139 Å². The number of hydrogen-bond acceptors (Lipinski definition) is 3. The van der Waals surface area contributed by atoms with Gasteiger partial charge >= 0.3 is 0 Å². The molecule has 1 aromatic heterocycles. The third-order valence-corrected chi connectivity index (χ3v) is 4.41. The molecule has 2 heterocycles. The van der Waals surface area contributed by atoms with E-state index in [1.54, 1.807) is 13.1 Å². The van der Waals surface area contributed by atoms with Gasteiger partial charge in [0, 0.05) is 50.0 Å². The molecule has 0 saturated carbocycles. The summed E-state index contributed by atoms with van der Waals surface area (Å²) in [4.78, 5) is 16.5. The maximum Gasteiger partial charge on any atom is 0.274 e. The Balaban J connectivity index is 1.64. The molecule has 0 spiro atoms. The van der Waals surface area contributed by atoms with Crippen LogP contribution in [0.25, 0.3) is 0 Å². The fourth-order valence-corrected chi connectivity index (χ4v) is 2.80. The van der Waals surface area contributed by atoms with Crippen molar-refractivity contribution in [2.75, 3.05) is 31.1 Å². The minimum atomic E-state index is -0.0711. The van der Waals surface area contributed by atoms with E-state index in [1.165, 1.54) is 4.68 Å². The van der Waals surface area contributed by atoms with Crippen molar-refractivity contribution in [3.63, 3.8) is 0 Å². The summed E-state index contributed by atoms with van der Waals surface area (Å²) in [6.45, 7) is 2.90. The first-order valence-corrected chi connectivity index (χ1v) is 7.79. The Morgan fingerprint density at radius 2 is 1.73 bits per heavy atom. The van der Waals surface area contributed by atoms with Crippen molar-refractivity contribution in [1.29, 1.82) is 0 Å². The number of piperazine rings is 1. The van der Waals surface area contributed by atoms with Gasteiger partial charge in [-0.05, 0) is 24.3 Å². The van der Waals surface area contributed by atoms with Crippen LogP contribution in [0.1, 0.15) is 10.5 Å². The fourth-order valence-electron chi connectivity index (χ4n) is 2.53. The molecule has 5 nitrogen and oxygen atoms in total. The van der Waals surface area contributed by atoms with Crippen molar-refractivity contribution in [1.82, 2.24) is 14.7 Å². The van der Waals surface area contributed by atoms with E-state index in [1.807, 2.05) is 29.2 Å². The zero-order valence-corrected chi connectivity index (χ0v) is 13.7. The molecule has 1 saturated heterocycles. The Morgan fingerprint density at radius 3 is 2.27 bits per heavy atom. The van der Waals surface area contributed by atoms with Gasteiger partial charge in [-0.3, -0.25) is 9.48 Å². The van der Waals surface area contributed by atoms with E-state index in [9.17, 15) is 4.79 Å². The number of anilines is 1. The summed E-state index contributed by atoms with van der Waals surface area (Å²) in [6.07, 6.45) is 0. The number of aryl methyl sites for hydroxylation is 1. The van der Waals surface area contributed by atoms with Gasteiger partial charge in [0.05, 0.1) is 0 Å². The molecule has 0 radical (unpaired) electrons. The minimum Gasteiger partial charge on any atom is -0.368 e. The summed E-state index contributed by atoms with van der Waals surface area (Å²) in [6, 6.07) is 9.36. The number of benzene rings is 1. The van der Waals surface area contributed by atoms with E-state index in [4.69, 9.17) is 23.2 Å². The second-order valence-electron chi connectivity index (χ2n) is 5.23. The highest BCUT2D eigenvalue weighted by molar-refractivity contribution is 6.30. The molecule has 0 bridgehead atoms. The van der Waals surface area contributed by atoms with E-state index >= 15 is 0 Å². The lowest BCUT2D eigenvalue weighted by molar-refractivity contribution is 0.0740. The highest BCUT2D eigenvalue weighted by Gasteiger charge is 2.24. The van der Waals surface area contributed by atoms with Crippen LogP contribution in [0.4, 0.5) is 5.69 Å². The van der Waals surface area contributed by atoms with Gasteiger partial charge in [0.1, 0.15) is 5.15 Å². The molecule has 1 fully saturated rings. The molecule has 0 unspecified atom stereocenters. The molecule has 7 heteroatoms. The van der Waals surface area contributed by atoms with Gasteiger partial charge in [-0.1, -0.05) is 23.2 Å². The maximum absolute atomic E-state index is 12.4. The number of halogens is 2. The molecule has 22 heavy (non-hydrogen) atoms. The number of nitrogens with zero attached hydrogens (tertiary/aromatic N) is 4. The molecule has 0 atom stereocenters. The van der Waals surface area contributed by atoms with Crippen LogP contribution in [-0.2, 0) is 7.05 Å². The Morgan fingerprint density at radius 1 is 1.09 bits per heavy atom. The molecular weight excluding hydrogens is 323 g/mol. The quantitative estimate of drug-likeness (QED) is 0.845. The molecule has 2 aromatic rings. The molecule has 0 N–H and O–H groups in total. The smallest absolute Gasteiger partial charge is 0.274 e. The van der Waals surface area contributed by atoms with Crippen molar-refractivity contribution in [2.45, 2.75) is 0 Å². The second-order valence-corrected chi connectivity index (χ2v) is 6.06. The summed E-state index contributed by atoms with van der Waals surface area (Å²) >= 11 is 11.8. The van der Waals surface area contributed by atoms with Crippen molar-refractivity contribution in [2.24, 2.45) is 7.05 Å². The first-order chi connectivity index (χ1) is 10.5. The number of hydrogen-bond donors (Lipinski definition) is 0. The van der Waals surface area contributed by atoms with Gasteiger partial charge in [-0.25, -0.2) is 0 Å². The van der Waals surface area contributed by atoms with Gasteiger partial charge < -0.3 is 9.80 Å². The molecule has 1 aliphatic heterocycles. The third-order valence-electron chi connectivity index (χ3n) is 3.80. The Bertz CT molecular complexity index is 656. The van der Waals surface area contributed by atoms with Crippen LogP contribution in [0.3, 0.4) is 0 Å². The number of amides is 1. The standard InChI is InChI=1S/C15H16Cl2N4O/c1-19-14(17)10-13(18-19)15(22)21-8-6-20(7-9-21)12-4-2-11(16)3-5-12/h2-5,10H,6-9H2,1H3. The zero-order chi connectivity index (χ0) is 15.7. The predicted molar refractivity (Wildman–Crippen MR) is 87.8 cm³/mol. The van der Waals surface area contributed by atoms with Crippen LogP contribution in [0.15, 0.2) is 30.3 Å². The number of aromatic nitrogens is 2. The van der Waals surface area contributed by atoms with Gasteiger partial charge in [-0.15, -0.1) is 0 Å². The summed E-state index contributed by atoms with van der Waals surface area (Å²) in [5.41, 5.74) is 1.52. The average molecular weight is 339 g/mol. The number of carbonyl (C=O) groups is 1. The fraction of sp³-hybridized carbons (Fsp3) is 0.333. The summed E-state index contributed by atoms with van der Waals surface area (Å²) in [5, 5.41) is 5.33. The Hall–Kier alpha value is -1.72. The first kappa shape index (κ1) is 15.2. The number of carbonyl (C=O) groups excluding carboxylic acids is 1. The van der Waals surface area contributed by atoms with Gasteiger partial charge in [0.2, 0.25) is 0 Å². The zero-order valence-electron chi connectivity index (χ0n) is 12.2. The molecule has 1 aliphatic rings. The van der Waals surface area contributed by atoms with Gasteiger partial charge in [0.15, 0.2) is 5.69 Å². The van der Waals surface area contributed by atoms with Crippen LogP contribution in [0, 0.1) is 0 Å². The second kappa shape index (κ2) is 6.18. The minimum absolute atomic E-state index is 0.0711. The third kappa shape index (κ3) is 3.05. The normalized spacial score (nSPS) is 15.2. The van der Waals surface area contributed by atoms with E-state index in [-0.39, 0.29) is 5.91 Å².